The van der Waals surface area contributed by atoms with Crippen LogP contribution in [-0.4, -0.2) is 45.7 Å². The van der Waals surface area contributed by atoms with Crippen molar-refractivity contribution in [3.8, 4) is 11.5 Å². The van der Waals surface area contributed by atoms with Gasteiger partial charge in [0.25, 0.3) is 0 Å². The van der Waals surface area contributed by atoms with Crippen molar-refractivity contribution < 1.29 is 19.4 Å². The minimum absolute atomic E-state index is 0.478. The normalized spacial score (nSPS) is 17.0. The molecule has 1 aliphatic heterocycles. The summed E-state index contributed by atoms with van der Waals surface area (Å²) in [6.45, 7) is 8.09. The number of aliphatic carboxylic acids is 1. The molecule has 1 aliphatic rings. The van der Waals surface area contributed by atoms with Crippen LogP contribution >= 0.6 is 0 Å². The van der Waals surface area contributed by atoms with Crippen molar-refractivity contribution in [1.29, 1.82) is 0 Å². The second-order valence-corrected chi connectivity index (χ2v) is 6.27. The van der Waals surface area contributed by atoms with Crippen molar-refractivity contribution in [2.45, 2.75) is 39.8 Å². The average molecular weight is 359 g/mol. The molecule has 1 aromatic heterocycles. The third-order valence-electron chi connectivity index (χ3n) is 4.66. The number of carbonyl (C=O) groups is 1. The van der Waals surface area contributed by atoms with Crippen LogP contribution < -0.4 is 9.47 Å². The van der Waals surface area contributed by atoms with Gasteiger partial charge in [0, 0.05) is 36.3 Å². The standard InChI is InChI=1S/C19H25N3O4/c1-4-25-15-7-6-13(18(12(15)3)26-5-2)10-22-9-8-14-16(21-11-20-14)17(22)19(23)24/h6-7,11,17H,4-5,8-10H2,1-3H3,(H,20,21)(H,23,24)/t17-/m0/s1. The SMILES string of the molecule is CCOc1ccc(CN2CCc3[nH]cnc3[C@H]2C(=O)O)c(OCC)c1C. The molecule has 0 radical (unpaired) electrons. The first-order chi connectivity index (χ1) is 12.6. The van der Waals surface area contributed by atoms with E-state index in [2.05, 4.69) is 9.97 Å². The first-order valence-corrected chi connectivity index (χ1v) is 8.93. The fourth-order valence-corrected chi connectivity index (χ4v) is 3.50. The van der Waals surface area contributed by atoms with Gasteiger partial charge in [0.2, 0.25) is 0 Å². The second kappa shape index (κ2) is 7.78. The summed E-state index contributed by atoms with van der Waals surface area (Å²) in [6, 6.07) is 3.13. The number of carboxylic acids is 1. The number of aromatic nitrogens is 2. The van der Waals surface area contributed by atoms with Crippen molar-refractivity contribution in [2.75, 3.05) is 19.8 Å². The topological polar surface area (TPSA) is 87.7 Å². The van der Waals surface area contributed by atoms with Crippen molar-refractivity contribution in [3.05, 3.63) is 41.0 Å². The highest BCUT2D eigenvalue weighted by Crippen LogP contribution is 2.35. The zero-order chi connectivity index (χ0) is 18.7. The lowest BCUT2D eigenvalue weighted by Crippen LogP contribution is -2.39. The Balaban J connectivity index is 1.92. The number of H-pyrrole nitrogens is 1. The van der Waals surface area contributed by atoms with Gasteiger partial charge < -0.3 is 19.6 Å². The number of hydrogen-bond donors (Lipinski definition) is 2. The number of hydrogen-bond acceptors (Lipinski definition) is 5. The van der Waals surface area contributed by atoms with Gasteiger partial charge >= 0.3 is 5.97 Å². The third-order valence-corrected chi connectivity index (χ3v) is 4.66. The molecule has 26 heavy (non-hydrogen) atoms. The molecule has 7 nitrogen and oxygen atoms in total. The fraction of sp³-hybridized carbons (Fsp3) is 0.474. The molecule has 140 valence electrons. The number of carboxylic acid groups (broad SMARTS) is 1. The molecular formula is C19H25N3O4. The highest BCUT2D eigenvalue weighted by atomic mass is 16.5. The Morgan fingerprint density at radius 1 is 1.35 bits per heavy atom. The van der Waals surface area contributed by atoms with E-state index in [4.69, 9.17) is 9.47 Å². The fourth-order valence-electron chi connectivity index (χ4n) is 3.50. The van der Waals surface area contributed by atoms with Crippen LogP contribution in [0, 0.1) is 6.92 Å². The van der Waals surface area contributed by atoms with Gasteiger partial charge in [0.15, 0.2) is 6.04 Å². The predicted molar refractivity (Wildman–Crippen MR) is 96.6 cm³/mol. The van der Waals surface area contributed by atoms with Crippen LogP contribution in [0.3, 0.4) is 0 Å². The second-order valence-electron chi connectivity index (χ2n) is 6.27. The Morgan fingerprint density at radius 3 is 2.81 bits per heavy atom. The number of imidazole rings is 1. The number of nitrogens with zero attached hydrogens (tertiary/aromatic N) is 2. The molecule has 1 atom stereocenters. The number of aromatic amines is 1. The van der Waals surface area contributed by atoms with E-state index in [0.717, 1.165) is 34.7 Å². The molecule has 3 rings (SSSR count). The molecule has 0 amide bonds. The van der Waals surface area contributed by atoms with Crippen molar-refractivity contribution >= 4 is 5.97 Å². The summed E-state index contributed by atoms with van der Waals surface area (Å²) in [4.78, 5) is 21.1. The van der Waals surface area contributed by atoms with Gasteiger partial charge in [-0.1, -0.05) is 6.07 Å². The van der Waals surface area contributed by atoms with Gasteiger partial charge in [-0.05, 0) is 26.8 Å². The van der Waals surface area contributed by atoms with Crippen LogP contribution in [0.1, 0.15) is 42.4 Å². The summed E-state index contributed by atoms with van der Waals surface area (Å²) in [7, 11) is 0. The Morgan fingerprint density at radius 2 is 2.12 bits per heavy atom. The molecule has 7 heteroatoms. The van der Waals surface area contributed by atoms with Crippen LogP contribution in [-0.2, 0) is 17.8 Å². The van der Waals surface area contributed by atoms with Crippen LogP contribution in [0.25, 0.3) is 0 Å². The molecular weight excluding hydrogens is 334 g/mol. The Hall–Kier alpha value is -2.54. The van der Waals surface area contributed by atoms with E-state index >= 15 is 0 Å². The lowest BCUT2D eigenvalue weighted by Gasteiger charge is -2.32. The van der Waals surface area contributed by atoms with Gasteiger partial charge in [-0.3, -0.25) is 9.69 Å². The molecule has 1 aromatic carbocycles. The van der Waals surface area contributed by atoms with Gasteiger partial charge in [-0.25, -0.2) is 4.98 Å². The van der Waals surface area contributed by atoms with Crippen LogP contribution in [0.4, 0.5) is 0 Å². The van der Waals surface area contributed by atoms with Crippen molar-refractivity contribution in [3.63, 3.8) is 0 Å². The van der Waals surface area contributed by atoms with E-state index in [-0.39, 0.29) is 0 Å². The van der Waals surface area contributed by atoms with E-state index in [0.29, 0.717) is 32.0 Å². The number of fused-ring (bicyclic) bond motifs is 1. The Labute approximate surface area is 153 Å². The highest BCUT2D eigenvalue weighted by molar-refractivity contribution is 5.75. The summed E-state index contributed by atoms with van der Waals surface area (Å²) in [6.07, 6.45) is 2.32. The third kappa shape index (κ3) is 3.39. The Kier molecular flexibility index (Phi) is 5.46. The molecule has 0 bridgehead atoms. The van der Waals surface area contributed by atoms with Crippen LogP contribution in [0.5, 0.6) is 11.5 Å². The zero-order valence-electron chi connectivity index (χ0n) is 15.4. The lowest BCUT2D eigenvalue weighted by atomic mass is 10.0. The molecule has 2 heterocycles. The molecule has 0 fully saturated rings. The average Bonchev–Trinajstić information content (AvgIpc) is 3.08. The summed E-state index contributed by atoms with van der Waals surface area (Å²) >= 11 is 0. The van der Waals surface area contributed by atoms with Crippen molar-refractivity contribution in [1.82, 2.24) is 14.9 Å². The smallest absolute Gasteiger partial charge is 0.327 e. The number of nitrogens with one attached hydrogen (secondary N) is 1. The summed E-state index contributed by atoms with van der Waals surface area (Å²) < 4.78 is 11.5. The molecule has 0 spiro atoms. The first-order valence-electron chi connectivity index (χ1n) is 8.93. The predicted octanol–water partition coefficient (Wildman–Crippen LogP) is 2.70. The number of benzene rings is 1. The summed E-state index contributed by atoms with van der Waals surface area (Å²) in [5.74, 6) is 0.678. The lowest BCUT2D eigenvalue weighted by molar-refractivity contribution is -0.144. The number of ether oxygens (including phenoxy) is 2. The molecule has 0 saturated carbocycles. The zero-order valence-corrected chi connectivity index (χ0v) is 15.4. The van der Waals surface area contributed by atoms with Crippen molar-refractivity contribution in [2.24, 2.45) is 0 Å². The number of rotatable bonds is 7. The Bertz CT molecular complexity index is 787. The molecule has 2 aromatic rings. The van der Waals surface area contributed by atoms with Gasteiger partial charge in [-0.2, -0.15) is 0 Å². The van der Waals surface area contributed by atoms with Gasteiger partial charge in [-0.15, -0.1) is 0 Å². The molecule has 0 saturated heterocycles. The van der Waals surface area contributed by atoms with E-state index in [1.807, 2.05) is 37.8 Å². The molecule has 0 unspecified atom stereocenters. The minimum Gasteiger partial charge on any atom is -0.493 e. The van der Waals surface area contributed by atoms with Crippen LogP contribution in [0.2, 0.25) is 0 Å². The van der Waals surface area contributed by atoms with E-state index in [1.54, 1.807) is 6.33 Å². The maximum atomic E-state index is 11.9. The molecule has 2 N–H and O–H groups in total. The van der Waals surface area contributed by atoms with Crippen LogP contribution in [0.15, 0.2) is 18.5 Å². The maximum Gasteiger partial charge on any atom is 0.327 e. The summed E-state index contributed by atoms with van der Waals surface area (Å²) in [5.41, 5.74) is 3.40. The van der Waals surface area contributed by atoms with Gasteiger partial charge in [0.1, 0.15) is 11.5 Å². The minimum atomic E-state index is -0.890. The van der Waals surface area contributed by atoms with E-state index < -0.39 is 12.0 Å². The van der Waals surface area contributed by atoms with E-state index in [9.17, 15) is 9.90 Å². The monoisotopic (exact) mass is 359 g/mol. The summed E-state index contributed by atoms with van der Waals surface area (Å²) in [5, 5.41) is 9.75. The van der Waals surface area contributed by atoms with Gasteiger partial charge in [0.05, 0.1) is 25.2 Å². The van der Waals surface area contributed by atoms with E-state index in [1.165, 1.54) is 0 Å². The molecule has 0 aliphatic carbocycles. The largest absolute Gasteiger partial charge is 0.493 e. The highest BCUT2D eigenvalue weighted by Gasteiger charge is 2.35. The first kappa shape index (κ1) is 18.3. The maximum absolute atomic E-state index is 11.9. The quantitative estimate of drug-likeness (QED) is 0.790.